The van der Waals surface area contributed by atoms with E-state index in [1.165, 1.54) is 12.8 Å². The molecule has 64 valence electrons. The van der Waals surface area contributed by atoms with E-state index >= 15 is 0 Å². The van der Waals surface area contributed by atoms with Gasteiger partial charge >= 0.3 is 0 Å². The average molecular weight is 185 g/mol. The van der Waals surface area contributed by atoms with E-state index in [1.807, 2.05) is 6.07 Å². The van der Waals surface area contributed by atoms with Gasteiger partial charge in [-0.3, -0.25) is 0 Å². The lowest BCUT2D eigenvalue weighted by Gasteiger charge is -2.02. The van der Waals surface area contributed by atoms with E-state index in [0.717, 1.165) is 5.56 Å². The molecule has 0 aliphatic heterocycles. The Balaban J connectivity index is 2.36. The Hall–Kier alpha value is -0.830. The molecule has 1 aromatic heterocycles. The molecule has 12 heavy (non-hydrogen) atoms. The van der Waals surface area contributed by atoms with Crippen LogP contribution in [0.5, 0.6) is 5.88 Å². The van der Waals surface area contributed by atoms with Crippen molar-refractivity contribution in [3.05, 3.63) is 16.8 Å². The Bertz CT molecular complexity index is 299. The van der Waals surface area contributed by atoms with Crippen molar-refractivity contribution >= 4 is 11.6 Å². The summed E-state index contributed by atoms with van der Waals surface area (Å²) in [5, 5.41) is 8.08. The first-order chi connectivity index (χ1) is 5.81. The van der Waals surface area contributed by atoms with Crippen molar-refractivity contribution in [3.63, 3.8) is 0 Å². The highest BCUT2D eigenvalue weighted by Crippen LogP contribution is 2.43. The molecule has 0 amide bonds. The van der Waals surface area contributed by atoms with E-state index in [2.05, 4.69) is 10.2 Å². The second-order valence-corrected chi connectivity index (χ2v) is 3.27. The lowest BCUT2D eigenvalue weighted by molar-refractivity contribution is 0.391. The zero-order valence-corrected chi connectivity index (χ0v) is 7.51. The Morgan fingerprint density at radius 2 is 2.25 bits per heavy atom. The molecule has 1 aliphatic carbocycles. The number of halogens is 1. The normalized spacial score (nSPS) is 16.2. The molecular weight excluding hydrogens is 176 g/mol. The van der Waals surface area contributed by atoms with Gasteiger partial charge in [0.2, 0.25) is 5.88 Å². The molecule has 1 saturated carbocycles. The summed E-state index contributed by atoms with van der Waals surface area (Å²) in [5.74, 6) is 1.13. The van der Waals surface area contributed by atoms with Gasteiger partial charge in [0.25, 0.3) is 0 Å². The predicted molar refractivity (Wildman–Crippen MR) is 45.6 cm³/mol. The van der Waals surface area contributed by atoms with Crippen LogP contribution in [-0.4, -0.2) is 17.3 Å². The largest absolute Gasteiger partial charge is 0.480 e. The second-order valence-electron chi connectivity index (χ2n) is 2.91. The first kappa shape index (κ1) is 7.80. The van der Waals surface area contributed by atoms with Crippen molar-refractivity contribution < 1.29 is 4.74 Å². The maximum Gasteiger partial charge on any atom is 0.233 e. The quantitative estimate of drug-likeness (QED) is 0.706. The fraction of sp³-hybridized carbons (Fsp3) is 0.500. The number of aromatic nitrogens is 2. The standard InChI is InChI=1S/C8H9ClN2O/c1-12-7-4-6(5-2-3-5)8(9)11-10-7/h4-5H,2-3H2,1H3. The molecule has 0 bridgehead atoms. The molecule has 0 atom stereocenters. The highest BCUT2D eigenvalue weighted by Gasteiger charge is 2.27. The van der Waals surface area contributed by atoms with Gasteiger partial charge in [-0.25, -0.2) is 0 Å². The molecule has 0 saturated heterocycles. The van der Waals surface area contributed by atoms with Crippen LogP contribution in [0.2, 0.25) is 5.15 Å². The van der Waals surface area contributed by atoms with Crippen LogP contribution in [0.25, 0.3) is 0 Å². The summed E-state index contributed by atoms with van der Waals surface area (Å²) in [7, 11) is 1.58. The van der Waals surface area contributed by atoms with Crippen LogP contribution in [0.1, 0.15) is 24.3 Å². The Labute approximate surface area is 75.7 Å². The van der Waals surface area contributed by atoms with Crippen LogP contribution < -0.4 is 4.74 Å². The van der Waals surface area contributed by atoms with Crippen molar-refractivity contribution in [2.45, 2.75) is 18.8 Å². The van der Waals surface area contributed by atoms with Crippen LogP contribution in [0, 0.1) is 0 Å². The smallest absolute Gasteiger partial charge is 0.233 e. The molecule has 1 aliphatic rings. The van der Waals surface area contributed by atoms with Gasteiger partial charge in [-0.2, -0.15) is 0 Å². The van der Waals surface area contributed by atoms with Crippen LogP contribution in [0.4, 0.5) is 0 Å². The van der Waals surface area contributed by atoms with Gasteiger partial charge in [0.05, 0.1) is 7.11 Å². The third-order valence-corrected chi connectivity index (χ3v) is 2.27. The highest BCUT2D eigenvalue weighted by atomic mass is 35.5. The van der Waals surface area contributed by atoms with E-state index in [0.29, 0.717) is 17.0 Å². The van der Waals surface area contributed by atoms with E-state index in [9.17, 15) is 0 Å². The third-order valence-electron chi connectivity index (χ3n) is 1.98. The Morgan fingerprint density at radius 3 is 2.83 bits per heavy atom. The van der Waals surface area contributed by atoms with Crippen LogP contribution in [0.3, 0.4) is 0 Å². The molecule has 1 heterocycles. The Morgan fingerprint density at radius 1 is 1.50 bits per heavy atom. The minimum atomic E-state index is 0.512. The fourth-order valence-electron chi connectivity index (χ4n) is 1.15. The first-order valence-electron chi connectivity index (χ1n) is 3.88. The fourth-order valence-corrected chi connectivity index (χ4v) is 1.40. The molecule has 2 rings (SSSR count). The van der Waals surface area contributed by atoms with Crippen molar-refractivity contribution in [2.75, 3.05) is 7.11 Å². The van der Waals surface area contributed by atoms with E-state index in [4.69, 9.17) is 16.3 Å². The van der Waals surface area contributed by atoms with Gasteiger partial charge in [0, 0.05) is 6.07 Å². The molecule has 4 heteroatoms. The van der Waals surface area contributed by atoms with Gasteiger partial charge in [-0.15, -0.1) is 10.2 Å². The van der Waals surface area contributed by atoms with Crippen molar-refractivity contribution in [1.29, 1.82) is 0 Å². The maximum absolute atomic E-state index is 5.86. The summed E-state index contributed by atoms with van der Waals surface area (Å²) in [5.41, 5.74) is 1.07. The third kappa shape index (κ3) is 1.37. The molecule has 1 aromatic rings. The molecule has 0 aromatic carbocycles. The van der Waals surface area contributed by atoms with Gasteiger partial charge in [0.15, 0.2) is 5.15 Å². The van der Waals surface area contributed by atoms with Gasteiger partial charge in [0.1, 0.15) is 0 Å². The van der Waals surface area contributed by atoms with Gasteiger partial charge < -0.3 is 4.74 Å². The number of hydrogen-bond donors (Lipinski definition) is 0. The zero-order chi connectivity index (χ0) is 8.55. The lowest BCUT2D eigenvalue weighted by Crippen LogP contribution is -1.94. The Kier molecular flexibility index (Phi) is 1.89. The highest BCUT2D eigenvalue weighted by molar-refractivity contribution is 6.30. The summed E-state index contributed by atoms with van der Waals surface area (Å²) >= 11 is 5.86. The maximum atomic E-state index is 5.86. The molecule has 0 spiro atoms. The summed E-state index contributed by atoms with van der Waals surface area (Å²) in [6.45, 7) is 0. The van der Waals surface area contributed by atoms with Crippen molar-refractivity contribution in [2.24, 2.45) is 0 Å². The van der Waals surface area contributed by atoms with E-state index in [1.54, 1.807) is 7.11 Å². The summed E-state index contributed by atoms with van der Waals surface area (Å²) < 4.78 is 4.96. The van der Waals surface area contributed by atoms with Crippen LogP contribution in [-0.2, 0) is 0 Å². The van der Waals surface area contributed by atoms with E-state index in [-0.39, 0.29) is 0 Å². The van der Waals surface area contributed by atoms with Crippen LogP contribution >= 0.6 is 11.6 Å². The average Bonchev–Trinajstić information content (AvgIpc) is 2.88. The second kappa shape index (κ2) is 2.90. The lowest BCUT2D eigenvalue weighted by atomic mass is 10.2. The minimum absolute atomic E-state index is 0.512. The number of methoxy groups -OCH3 is 1. The molecule has 1 fully saturated rings. The number of ether oxygens (including phenoxy) is 1. The van der Waals surface area contributed by atoms with Gasteiger partial charge in [-0.05, 0) is 24.3 Å². The molecule has 3 nitrogen and oxygen atoms in total. The number of rotatable bonds is 2. The molecule has 0 N–H and O–H groups in total. The van der Waals surface area contributed by atoms with Gasteiger partial charge in [-0.1, -0.05) is 11.6 Å². The molecular formula is C8H9ClN2O. The molecule has 0 unspecified atom stereocenters. The van der Waals surface area contributed by atoms with E-state index < -0.39 is 0 Å². The topological polar surface area (TPSA) is 35.0 Å². The van der Waals surface area contributed by atoms with Crippen molar-refractivity contribution in [3.8, 4) is 5.88 Å². The summed E-state index contributed by atoms with van der Waals surface area (Å²) in [6.07, 6.45) is 2.41. The summed E-state index contributed by atoms with van der Waals surface area (Å²) in [4.78, 5) is 0. The minimum Gasteiger partial charge on any atom is -0.480 e. The monoisotopic (exact) mass is 184 g/mol. The first-order valence-corrected chi connectivity index (χ1v) is 4.26. The molecule has 0 radical (unpaired) electrons. The SMILES string of the molecule is COc1cc(C2CC2)c(Cl)nn1. The number of hydrogen-bond acceptors (Lipinski definition) is 3. The van der Waals surface area contributed by atoms with Crippen molar-refractivity contribution in [1.82, 2.24) is 10.2 Å². The zero-order valence-electron chi connectivity index (χ0n) is 6.75. The number of nitrogens with zero attached hydrogens (tertiary/aromatic N) is 2. The predicted octanol–water partition coefficient (Wildman–Crippen LogP) is 2.02. The summed E-state index contributed by atoms with van der Waals surface area (Å²) in [6, 6.07) is 1.87. The van der Waals surface area contributed by atoms with Crippen LogP contribution in [0.15, 0.2) is 6.07 Å².